The Hall–Kier alpha value is -2.36. The number of hydrogen-bond acceptors (Lipinski definition) is 4. The standard InChI is InChI=1S/C14H15N3O/c15-12-5-3-10(4-6-12)8-13(18)9-11-2-1-7-17-14(11)16/h1-7H,8-9,15H2,(H2,16,17). The molecular formula is C14H15N3O. The first-order chi connectivity index (χ1) is 8.65. The van der Waals surface area contributed by atoms with Gasteiger partial charge in [-0.25, -0.2) is 4.98 Å². The Labute approximate surface area is 106 Å². The van der Waals surface area contributed by atoms with E-state index in [-0.39, 0.29) is 5.78 Å². The number of ketones is 1. The lowest BCUT2D eigenvalue weighted by Crippen LogP contribution is -2.09. The fraction of sp³-hybridized carbons (Fsp3) is 0.143. The molecule has 0 saturated carbocycles. The smallest absolute Gasteiger partial charge is 0.141 e. The van der Waals surface area contributed by atoms with Gasteiger partial charge in [-0.05, 0) is 23.8 Å². The highest BCUT2D eigenvalue weighted by molar-refractivity contribution is 5.84. The van der Waals surface area contributed by atoms with Gasteiger partial charge in [-0.1, -0.05) is 18.2 Å². The zero-order chi connectivity index (χ0) is 13.0. The molecule has 1 aromatic carbocycles. The van der Waals surface area contributed by atoms with E-state index >= 15 is 0 Å². The van der Waals surface area contributed by atoms with Gasteiger partial charge in [0.15, 0.2) is 0 Å². The summed E-state index contributed by atoms with van der Waals surface area (Å²) in [6, 6.07) is 10.9. The van der Waals surface area contributed by atoms with Crippen LogP contribution < -0.4 is 11.5 Å². The fourth-order valence-corrected chi connectivity index (χ4v) is 1.74. The topological polar surface area (TPSA) is 82.0 Å². The van der Waals surface area contributed by atoms with E-state index in [1.54, 1.807) is 24.4 Å². The average Bonchev–Trinajstić information content (AvgIpc) is 2.35. The van der Waals surface area contributed by atoms with Crippen LogP contribution in [-0.2, 0) is 17.6 Å². The summed E-state index contributed by atoms with van der Waals surface area (Å²) in [6.07, 6.45) is 2.31. The van der Waals surface area contributed by atoms with Gasteiger partial charge in [0.05, 0.1) is 0 Å². The number of rotatable bonds is 4. The van der Waals surface area contributed by atoms with Gasteiger partial charge in [-0.3, -0.25) is 4.79 Å². The highest BCUT2D eigenvalue weighted by Crippen LogP contribution is 2.11. The second-order valence-electron chi connectivity index (χ2n) is 4.18. The lowest BCUT2D eigenvalue weighted by Gasteiger charge is -2.04. The molecule has 0 saturated heterocycles. The minimum Gasteiger partial charge on any atom is -0.399 e. The van der Waals surface area contributed by atoms with Crippen molar-refractivity contribution in [3.05, 3.63) is 53.7 Å². The number of nitrogen functional groups attached to an aromatic ring is 2. The highest BCUT2D eigenvalue weighted by Gasteiger charge is 2.07. The van der Waals surface area contributed by atoms with Gasteiger partial charge in [0.2, 0.25) is 0 Å². The molecule has 1 heterocycles. The Balaban J connectivity index is 2.01. The van der Waals surface area contributed by atoms with Crippen molar-refractivity contribution in [2.24, 2.45) is 0 Å². The van der Waals surface area contributed by atoms with E-state index in [1.165, 1.54) is 0 Å². The first kappa shape index (κ1) is 12.1. The molecule has 4 nitrogen and oxygen atoms in total. The highest BCUT2D eigenvalue weighted by atomic mass is 16.1. The Morgan fingerprint density at radius 1 is 1.06 bits per heavy atom. The lowest BCUT2D eigenvalue weighted by atomic mass is 10.0. The number of aromatic nitrogens is 1. The van der Waals surface area contributed by atoms with E-state index in [9.17, 15) is 4.79 Å². The van der Waals surface area contributed by atoms with Crippen LogP contribution in [0.25, 0.3) is 0 Å². The number of Topliss-reactive ketones (excluding diaryl/α,β-unsaturated/α-hetero) is 1. The molecule has 4 heteroatoms. The van der Waals surface area contributed by atoms with E-state index in [4.69, 9.17) is 11.5 Å². The quantitative estimate of drug-likeness (QED) is 0.796. The minimum atomic E-state index is 0.111. The van der Waals surface area contributed by atoms with Crippen LogP contribution in [-0.4, -0.2) is 10.8 Å². The molecule has 0 aliphatic carbocycles. The maximum atomic E-state index is 11.9. The van der Waals surface area contributed by atoms with Crippen LogP contribution in [0.15, 0.2) is 42.6 Å². The number of carbonyl (C=O) groups excluding carboxylic acids is 1. The molecule has 0 bridgehead atoms. The SMILES string of the molecule is Nc1ccc(CC(=O)Cc2cccnc2N)cc1. The third-order valence-corrected chi connectivity index (χ3v) is 2.69. The van der Waals surface area contributed by atoms with Crippen LogP contribution in [0.2, 0.25) is 0 Å². The Morgan fingerprint density at radius 2 is 1.78 bits per heavy atom. The molecule has 1 aromatic heterocycles. The summed E-state index contributed by atoms with van der Waals surface area (Å²) in [4.78, 5) is 15.9. The third-order valence-electron chi connectivity index (χ3n) is 2.69. The first-order valence-corrected chi connectivity index (χ1v) is 5.70. The molecular weight excluding hydrogens is 226 g/mol. The van der Waals surface area contributed by atoms with Crippen LogP contribution in [0.1, 0.15) is 11.1 Å². The molecule has 2 aromatic rings. The van der Waals surface area contributed by atoms with Gasteiger partial charge in [-0.2, -0.15) is 0 Å². The molecule has 0 aliphatic rings. The molecule has 0 spiro atoms. The van der Waals surface area contributed by atoms with E-state index < -0.39 is 0 Å². The van der Waals surface area contributed by atoms with Gasteiger partial charge < -0.3 is 11.5 Å². The van der Waals surface area contributed by atoms with Gasteiger partial charge in [0.1, 0.15) is 11.6 Å². The van der Waals surface area contributed by atoms with Crippen LogP contribution in [0.3, 0.4) is 0 Å². The van der Waals surface area contributed by atoms with E-state index in [0.717, 1.165) is 11.1 Å². The summed E-state index contributed by atoms with van der Waals surface area (Å²) in [5, 5.41) is 0. The number of hydrogen-bond donors (Lipinski definition) is 2. The van der Waals surface area contributed by atoms with Crippen LogP contribution in [0.4, 0.5) is 11.5 Å². The zero-order valence-corrected chi connectivity index (χ0v) is 9.97. The van der Waals surface area contributed by atoms with Crippen LogP contribution >= 0.6 is 0 Å². The van der Waals surface area contributed by atoms with Crippen molar-refractivity contribution in [3.63, 3.8) is 0 Å². The maximum Gasteiger partial charge on any atom is 0.141 e. The van der Waals surface area contributed by atoms with Gasteiger partial charge in [-0.15, -0.1) is 0 Å². The normalized spacial score (nSPS) is 10.2. The molecule has 0 unspecified atom stereocenters. The van der Waals surface area contributed by atoms with Crippen LogP contribution in [0, 0.1) is 0 Å². The minimum absolute atomic E-state index is 0.111. The number of nitrogens with zero attached hydrogens (tertiary/aromatic N) is 1. The molecule has 0 radical (unpaired) electrons. The van der Waals surface area contributed by atoms with E-state index in [0.29, 0.717) is 24.3 Å². The van der Waals surface area contributed by atoms with E-state index in [2.05, 4.69) is 4.98 Å². The molecule has 0 amide bonds. The van der Waals surface area contributed by atoms with Crippen molar-refractivity contribution in [2.75, 3.05) is 11.5 Å². The number of benzene rings is 1. The van der Waals surface area contributed by atoms with Crippen molar-refractivity contribution < 1.29 is 4.79 Å². The molecule has 0 aliphatic heterocycles. The first-order valence-electron chi connectivity index (χ1n) is 5.70. The summed E-state index contributed by atoms with van der Waals surface area (Å²) in [5.41, 5.74) is 13.7. The van der Waals surface area contributed by atoms with Crippen molar-refractivity contribution in [2.45, 2.75) is 12.8 Å². The van der Waals surface area contributed by atoms with Crippen molar-refractivity contribution in [1.82, 2.24) is 4.98 Å². The van der Waals surface area contributed by atoms with Gasteiger partial charge >= 0.3 is 0 Å². The summed E-state index contributed by atoms with van der Waals surface area (Å²) >= 11 is 0. The summed E-state index contributed by atoms with van der Waals surface area (Å²) in [6.45, 7) is 0. The summed E-state index contributed by atoms with van der Waals surface area (Å²) < 4.78 is 0. The molecule has 92 valence electrons. The molecule has 0 atom stereocenters. The Bertz CT molecular complexity index is 549. The molecule has 18 heavy (non-hydrogen) atoms. The number of anilines is 2. The van der Waals surface area contributed by atoms with Gasteiger partial charge in [0, 0.05) is 30.3 Å². The summed E-state index contributed by atoms with van der Waals surface area (Å²) in [7, 11) is 0. The largest absolute Gasteiger partial charge is 0.399 e. The zero-order valence-electron chi connectivity index (χ0n) is 9.97. The predicted octanol–water partition coefficient (Wildman–Crippen LogP) is 1.60. The number of pyridine rings is 1. The van der Waals surface area contributed by atoms with E-state index in [1.807, 2.05) is 18.2 Å². The van der Waals surface area contributed by atoms with Crippen molar-refractivity contribution >= 4 is 17.3 Å². The lowest BCUT2D eigenvalue weighted by molar-refractivity contribution is -0.117. The third kappa shape index (κ3) is 3.07. The Kier molecular flexibility index (Phi) is 3.57. The fourth-order valence-electron chi connectivity index (χ4n) is 1.74. The average molecular weight is 241 g/mol. The summed E-state index contributed by atoms with van der Waals surface area (Å²) in [5.74, 6) is 0.530. The van der Waals surface area contributed by atoms with Crippen molar-refractivity contribution in [3.8, 4) is 0 Å². The molecule has 0 fully saturated rings. The van der Waals surface area contributed by atoms with Crippen molar-refractivity contribution in [1.29, 1.82) is 0 Å². The Morgan fingerprint density at radius 3 is 2.44 bits per heavy atom. The molecule has 4 N–H and O–H groups in total. The predicted molar refractivity (Wildman–Crippen MR) is 71.9 cm³/mol. The number of carbonyl (C=O) groups is 1. The van der Waals surface area contributed by atoms with Crippen LogP contribution in [0.5, 0.6) is 0 Å². The van der Waals surface area contributed by atoms with Gasteiger partial charge in [0.25, 0.3) is 0 Å². The second kappa shape index (κ2) is 5.31. The number of nitrogens with two attached hydrogens (primary N) is 2. The monoisotopic (exact) mass is 241 g/mol. The second-order valence-corrected chi connectivity index (χ2v) is 4.18. The maximum absolute atomic E-state index is 11.9. The molecule has 2 rings (SSSR count).